The summed E-state index contributed by atoms with van der Waals surface area (Å²) in [5.41, 5.74) is 2.93. The molecule has 6 nitrogen and oxygen atoms in total. The van der Waals surface area contributed by atoms with E-state index in [0.29, 0.717) is 29.8 Å². The molecule has 2 aromatic carbocycles. The van der Waals surface area contributed by atoms with Crippen LogP contribution < -0.4 is 5.32 Å². The largest absolute Gasteiger partial charge is 0.462 e. The van der Waals surface area contributed by atoms with Crippen LogP contribution in [0.4, 0.5) is 5.69 Å². The molecule has 0 aliphatic carbocycles. The Labute approximate surface area is 145 Å². The fourth-order valence-electron chi connectivity index (χ4n) is 2.75. The van der Waals surface area contributed by atoms with Crippen LogP contribution >= 0.6 is 0 Å². The Kier molecular flexibility index (Phi) is 4.52. The highest BCUT2D eigenvalue weighted by molar-refractivity contribution is 6.21. The molecular formula is C19H18N2O4. The molecule has 0 bridgehead atoms. The van der Waals surface area contributed by atoms with Gasteiger partial charge in [-0.3, -0.25) is 14.5 Å². The summed E-state index contributed by atoms with van der Waals surface area (Å²) in [6, 6.07) is 12.2. The van der Waals surface area contributed by atoms with E-state index in [4.69, 9.17) is 4.74 Å². The van der Waals surface area contributed by atoms with Crippen LogP contribution in [0.5, 0.6) is 0 Å². The van der Waals surface area contributed by atoms with Gasteiger partial charge in [0, 0.05) is 19.3 Å². The van der Waals surface area contributed by atoms with Crippen molar-refractivity contribution in [3.05, 3.63) is 64.7 Å². The Balaban J connectivity index is 1.74. The first kappa shape index (κ1) is 16.7. The van der Waals surface area contributed by atoms with E-state index in [9.17, 15) is 14.4 Å². The second-order valence-corrected chi connectivity index (χ2v) is 5.66. The summed E-state index contributed by atoms with van der Waals surface area (Å²) in [6.07, 6.45) is 0. The Morgan fingerprint density at radius 2 is 1.80 bits per heavy atom. The number of hydrogen-bond acceptors (Lipinski definition) is 5. The van der Waals surface area contributed by atoms with Gasteiger partial charge in [0.1, 0.15) is 0 Å². The Hall–Kier alpha value is -3.15. The zero-order chi connectivity index (χ0) is 18.0. The molecule has 0 radical (unpaired) electrons. The number of nitrogens with zero attached hydrogens (tertiary/aromatic N) is 1. The number of fused-ring (bicyclic) bond motifs is 1. The van der Waals surface area contributed by atoms with Gasteiger partial charge in [-0.05, 0) is 42.8 Å². The number of imide groups is 1. The lowest BCUT2D eigenvalue weighted by Crippen LogP contribution is -2.24. The van der Waals surface area contributed by atoms with E-state index < -0.39 is 0 Å². The molecule has 0 aromatic heterocycles. The van der Waals surface area contributed by atoms with Gasteiger partial charge in [-0.1, -0.05) is 12.1 Å². The van der Waals surface area contributed by atoms with E-state index in [2.05, 4.69) is 5.32 Å². The fourth-order valence-corrected chi connectivity index (χ4v) is 2.75. The maximum atomic E-state index is 12.2. The molecule has 0 saturated heterocycles. The lowest BCUT2D eigenvalue weighted by Gasteiger charge is -2.10. The third-order valence-corrected chi connectivity index (χ3v) is 4.08. The minimum absolute atomic E-state index is 0.277. The molecule has 1 aliphatic heterocycles. The zero-order valence-corrected chi connectivity index (χ0v) is 14.0. The first-order chi connectivity index (χ1) is 12.0. The van der Waals surface area contributed by atoms with Crippen molar-refractivity contribution in [1.82, 2.24) is 4.90 Å². The van der Waals surface area contributed by atoms with Crippen molar-refractivity contribution in [1.29, 1.82) is 0 Å². The smallest absolute Gasteiger partial charge is 0.338 e. The van der Waals surface area contributed by atoms with E-state index in [0.717, 1.165) is 16.2 Å². The first-order valence-corrected chi connectivity index (χ1v) is 7.98. The van der Waals surface area contributed by atoms with Crippen LogP contribution in [-0.2, 0) is 11.3 Å². The predicted molar refractivity (Wildman–Crippen MR) is 92.6 cm³/mol. The number of anilines is 1. The third-order valence-electron chi connectivity index (χ3n) is 4.08. The topological polar surface area (TPSA) is 75.7 Å². The highest BCUT2D eigenvalue weighted by atomic mass is 16.5. The average Bonchev–Trinajstić information content (AvgIpc) is 2.85. The molecule has 3 rings (SSSR count). The minimum atomic E-state index is -0.359. The first-order valence-electron chi connectivity index (χ1n) is 7.98. The Morgan fingerprint density at radius 3 is 2.48 bits per heavy atom. The molecule has 0 atom stereocenters. The molecule has 0 spiro atoms. The molecule has 128 valence electrons. The summed E-state index contributed by atoms with van der Waals surface area (Å²) in [4.78, 5) is 37.0. The van der Waals surface area contributed by atoms with Crippen LogP contribution in [-0.4, -0.2) is 36.3 Å². The van der Waals surface area contributed by atoms with Crippen LogP contribution in [0.1, 0.15) is 43.6 Å². The lowest BCUT2D eigenvalue weighted by molar-refractivity contribution is 0.0525. The molecule has 0 unspecified atom stereocenters. The van der Waals surface area contributed by atoms with E-state index >= 15 is 0 Å². The highest BCUT2D eigenvalue weighted by Crippen LogP contribution is 2.25. The summed E-state index contributed by atoms with van der Waals surface area (Å²) in [7, 11) is 1.48. The van der Waals surface area contributed by atoms with Crippen molar-refractivity contribution in [2.75, 3.05) is 19.0 Å². The molecule has 1 N–H and O–H groups in total. The van der Waals surface area contributed by atoms with Gasteiger partial charge in [0.2, 0.25) is 0 Å². The molecule has 1 heterocycles. The van der Waals surface area contributed by atoms with E-state index in [1.165, 1.54) is 7.05 Å². The monoisotopic (exact) mass is 338 g/mol. The second kappa shape index (κ2) is 6.76. The average molecular weight is 338 g/mol. The molecule has 6 heteroatoms. The second-order valence-electron chi connectivity index (χ2n) is 5.66. The van der Waals surface area contributed by atoms with Gasteiger partial charge in [0.25, 0.3) is 11.8 Å². The van der Waals surface area contributed by atoms with Gasteiger partial charge < -0.3 is 10.1 Å². The minimum Gasteiger partial charge on any atom is -0.462 e. The standard InChI is InChI=1S/C19H18N2O4/c1-3-25-19(24)12-7-9-14(10-8-12)20-11-13-5-4-6-15-16(13)18(23)21(2)17(15)22/h4-10,20H,3,11H2,1-2H3. The number of benzene rings is 2. The number of esters is 1. The van der Waals surface area contributed by atoms with E-state index in [1.54, 1.807) is 43.3 Å². The van der Waals surface area contributed by atoms with E-state index in [1.807, 2.05) is 6.07 Å². The number of carbonyl (C=O) groups excluding carboxylic acids is 3. The van der Waals surface area contributed by atoms with Crippen LogP contribution in [0.25, 0.3) is 0 Å². The molecule has 25 heavy (non-hydrogen) atoms. The van der Waals surface area contributed by atoms with Crippen molar-refractivity contribution in [2.45, 2.75) is 13.5 Å². The molecule has 2 aromatic rings. The third kappa shape index (κ3) is 3.10. The van der Waals surface area contributed by atoms with Gasteiger partial charge in [0.15, 0.2) is 0 Å². The van der Waals surface area contributed by atoms with Crippen LogP contribution in [0.3, 0.4) is 0 Å². The fraction of sp³-hybridized carbons (Fsp3) is 0.211. The number of nitrogens with one attached hydrogen (secondary N) is 1. The lowest BCUT2D eigenvalue weighted by atomic mass is 10.0. The SMILES string of the molecule is CCOC(=O)c1ccc(NCc2cccc3c2C(=O)N(C)C3=O)cc1. The van der Waals surface area contributed by atoms with Gasteiger partial charge in [0.05, 0.1) is 23.3 Å². The molecular weight excluding hydrogens is 320 g/mol. The Bertz CT molecular complexity index is 843. The quantitative estimate of drug-likeness (QED) is 0.670. The molecule has 0 saturated carbocycles. The number of hydrogen-bond donors (Lipinski definition) is 1. The van der Waals surface area contributed by atoms with Crippen molar-refractivity contribution >= 4 is 23.5 Å². The maximum absolute atomic E-state index is 12.2. The van der Waals surface area contributed by atoms with Crippen molar-refractivity contribution in [2.24, 2.45) is 0 Å². The van der Waals surface area contributed by atoms with Crippen LogP contribution in [0.15, 0.2) is 42.5 Å². The molecule has 0 fully saturated rings. The Morgan fingerprint density at radius 1 is 1.08 bits per heavy atom. The summed E-state index contributed by atoms with van der Waals surface area (Å²) in [6.45, 7) is 2.49. The summed E-state index contributed by atoms with van der Waals surface area (Å²) in [5.74, 6) is -0.919. The number of rotatable bonds is 5. The normalized spacial score (nSPS) is 13.0. The van der Waals surface area contributed by atoms with Gasteiger partial charge >= 0.3 is 5.97 Å². The zero-order valence-electron chi connectivity index (χ0n) is 14.0. The van der Waals surface area contributed by atoms with Gasteiger partial charge in [-0.25, -0.2) is 4.79 Å². The van der Waals surface area contributed by atoms with Crippen molar-refractivity contribution in [3.63, 3.8) is 0 Å². The summed E-state index contributed by atoms with van der Waals surface area (Å²) in [5, 5.41) is 3.20. The summed E-state index contributed by atoms with van der Waals surface area (Å²) < 4.78 is 4.95. The summed E-state index contributed by atoms with van der Waals surface area (Å²) >= 11 is 0. The highest BCUT2D eigenvalue weighted by Gasteiger charge is 2.34. The van der Waals surface area contributed by atoms with Crippen molar-refractivity contribution in [3.8, 4) is 0 Å². The molecule has 1 aliphatic rings. The maximum Gasteiger partial charge on any atom is 0.338 e. The number of amides is 2. The van der Waals surface area contributed by atoms with Crippen LogP contribution in [0, 0.1) is 0 Å². The van der Waals surface area contributed by atoms with Gasteiger partial charge in [-0.15, -0.1) is 0 Å². The number of carbonyl (C=O) groups is 3. The number of ether oxygens (including phenoxy) is 1. The molecule has 2 amide bonds. The van der Waals surface area contributed by atoms with E-state index in [-0.39, 0.29) is 17.8 Å². The van der Waals surface area contributed by atoms with Crippen molar-refractivity contribution < 1.29 is 19.1 Å². The van der Waals surface area contributed by atoms with Gasteiger partial charge in [-0.2, -0.15) is 0 Å². The predicted octanol–water partition coefficient (Wildman–Crippen LogP) is 2.70. The van der Waals surface area contributed by atoms with Crippen LogP contribution in [0.2, 0.25) is 0 Å².